The number of rotatable bonds is 5. The molecule has 128 valence electrons. The second-order valence-corrected chi connectivity index (χ2v) is 6.59. The largest absolute Gasteiger partial charge is 0.380 e. The van der Waals surface area contributed by atoms with Crippen LogP contribution in [0.25, 0.3) is 0 Å². The molecule has 0 spiro atoms. The van der Waals surface area contributed by atoms with Gasteiger partial charge in [-0.05, 0) is 11.1 Å². The van der Waals surface area contributed by atoms with Crippen LogP contribution in [0.4, 0.5) is 5.13 Å². The molecular formula is C17H23N5OS. The van der Waals surface area contributed by atoms with Crippen LogP contribution < -0.4 is 10.6 Å². The number of anilines is 1. The van der Waals surface area contributed by atoms with Crippen molar-refractivity contribution >= 4 is 22.4 Å². The normalized spacial score (nSPS) is 15.8. The van der Waals surface area contributed by atoms with Crippen LogP contribution in [-0.4, -0.2) is 49.1 Å². The average Bonchev–Trinajstić information content (AvgIpc) is 3.16. The van der Waals surface area contributed by atoms with Crippen LogP contribution in [0.5, 0.6) is 0 Å². The molecule has 2 N–H and O–H groups in total. The minimum atomic E-state index is 0.603. The van der Waals surface area contributed by atoms with Gasteiger partial charge in [0.2, 0.25) is 0 Å². The molecule has 0 radical (unpaired) electrons. The van der Waals surface area contributed by atoms with E-state index in [4.69, 9.17) is 10.5 Å². The summed E-state index contributed by atoms with van der Waals surface area (Å²) in [6, 6.07) is 8.28. The molecule has 24 heavy (non-hydrogen) atoms. The van der Waals surface area contributed by atoms with E-state index in [-0.39, 0.29) is 0 Å². The Hall–Kier alpha value is -2.12. The number of benzene rings is 1. The van der Waals surface area contributed by atoms with Crippen molar-refractivity contribution in [3.05, 3.63) is 47.0 Å². The smallest absolute Gasteiger partial charge is 0.191 e. The van der Waals surface area contributed by atoms with Gasteiger partial charge in [-0.25, -0.2) is 9.98 Å². The molecule has 6 nitrogen and oxygen atoms in total. The number of nitrogens with zero attached hydrogens (tertiary/aromatic N) is 4. The summed E-state index contributed by atoms with van der Waals surface area (Å²) in [4.78, 5) is 13.3. The van der Waals surface area contributed by atoms with Crippen LogP contribution >= 0.6 is 11.3 Å². The van der Waals surface area contributed by atoms with Gasteiger partial charge < -0.3 is 20.3 Å². The first kappa shape index (κ1) is 16.7. The van der Waals surface area contributed by atoms with Gasteiger partial charge in [0.05, 0.1) is 13.2 Å². The first-order chi connectivity index (χ1) is 11.8. The Morgan fingerprint density at radius 2 is 1.92 bits per heavy atom. The number of piperazine rings is 1. The molecule has 1 fully saturated rings. The highest BCUT2D eigenvalue weighted by Gasteiger charge is 2.19. The van der Waals surface area contributed by atoms with Gasteiger partial charge >= 0.3 is 0 Å². The van der Waals surface area contributed by atoms with E-state index in [1.54, 1.807) is 18.4 Å². The number of hydrogen-bond donors (Lipinski definition) is 1. The van der Waals surface area contributed by atoms with Crippen LogP contribution in [0, 0.1) is 0 Å². The number of ether oxygens (including phenoxy) is 1. The third-order valence-electron chi connectivity index (χ3n) is 4.05. The summed E-state index contributed by atoms with van der Waals surface area (Å²) < 4.78 is 5.12. The minimum absolute atomic E-state index is 0.603. The highest BCUT2D eigenvalue weighted by molar-refractivity contribution is 7.13. The Balaban J connectivity index is 1.51. The van der Waals surface area contributed by atoms with Crippen LogP contribution in [0.2, 0.25) is 0 Å². The molecule has 1 aromatic heterocycles. The summed E-state index contributed by atoms with van der Waals surface area (Å²) in [6.07, 6.45) is 1.85. The lowest BCUT2D eigenvalue weighted by Crippen LogP contribution is -2.51. The van der Waals surface area contributed by atoms with Gasteiger partial charge in [-0.15, -0.1) is 11.3 Å². The number of methoxy groups -OCH3 is 1. The van der Waals surface area contributed by atoms with Gasteiger partial charge in [-0.3, -0.25) is 0 Å². The summed E-state index contributed by atoms with van der Waals surface area (Å²) in [5.41, 5.74) is 8.48. The maximum absolute atomic E-state index is 6.16. The van der Waals surface area contributed by atoms with Crippen LogP contribution in [0.15, 0.2) is 40.8 Å². The van der Waals surface area contributed by atoms with E-state index in [2.05, 4.69) is 44.0 Å². The highest BCUT2D eigenvalue weighted by Crippen LogP contribution is 2.18. The van der Waals surface area contributed by atoms with Gasteiger partial charge in [-0.1, -0.05) is 24.3 Å². The molecule has 1 saturated heterocycles. The van der Waals surface area contributed by atoms with Crippen molar-refractivity contribution in [2.45, 2.75) is 13.2 Å². The van der Waals surface area contributed by atoms with E-state index in [0.29, 0.717) is 19.1 Å². The van der Waals surface area contributed by atoms with Gasteiger partial charge in [0.25, 0.3) is 0 Å². The SMILES string of the molecule is COCc1ccc(CN=C(N)N2CCN(c3nccs3)CC2)cc1. The molecule has 0 atom stereocenters. The molecule has 0 aliphatic carbocycles. The Morgan fingerprint density at radius 3 is 2.54 bits per heavy atom. The zero-order valence-corrected chi connectivity index (χ0v) is 14.7. The van der Waals surface area contributed by atoms with Crippen molar-refractivity contribution in [1.29, 1.82) is 0 Å². The highest BCUT2D eigenvalue weighted by atomic mass is 32.1. The minimum Gasteiger partial charge on any atom is -0.380 e. The molecule has 1 aliphatic rings. The number of guanidine groups is 1. The van der Waals surface area contributed by atoms with Crippen LogP contribution in [0.1, 0.15) is 11.1 Å². The van der Waals surface area contributed by atoms with Gasteiger partial charge in [0.1, 0.15) is 0 Å². The van der Waals surface area contributed by atoms with Gasteiger partial charge in [0.15, 0.2) is 11.1 Å². The monoisotopic (exact) mass is 345 g/mol. The second-order valence-electron chi connectivity index (χ2n) is 5.71. The molecule has 2 heterocycles. The fraction of sp³-hybridized carbons (Fsp3) is 0.412. The lowest BCUT2D eigenvalue weighted by atomic mass is 10.1. The lowest BCUT2D eigenvalue weighted by molar-refractivity contribution is 0.185. The maximum Gasteiger partial charge on any atom is 0.191 e. The van der Waals surface area contributed by atoms with Crippen molar-refractivity contribution in [3.8, 4) is 0 Å². The topological polar surface area (TPSA) is 67.0 Å². The standard InChI is InChI=1S/C17H23N5OS/c1-23-13-15-4-2-14(3-5-15)12-20-16(18)21-7-9-22(10-8-21)17-19-6-11-24-17/h2-6,11H,7-10,12-13H2,1H3,(H2,18,20). The molecule has 1 aromatic carbocycles. The zero-order valence-electron chi connectivity index (χ0n) is 13.9. The molecule has 1 aliphatic heterocycles. The van der Waals surface area contributed by atoms with Crippen molar-refractivity contribution in [1.82, 2.24) is 9.88 Å². The predicted octanol–water partition coefficient (Wildman–Crippen LogP) is 1.93. The van der Waals surface area contributed by atoms with Crippen molar-refractivity contribution in [2.24, 2.45) is 10.7 Å². The van der Waals surface area contributed by atoms with E-state index in [9.17, 15) is 0 Å². The van der Waals surface area contributed by atoms with E-state index >= 15 is 0 Å². The molecular weight excluding hydrogens is 322 g/mol. The summed E-state index contributed by atoms with van der Waals surface area (Å²) in [6.45, 7) is 4.84. The first-order valence-electron chi connectivity index (χ1n) is 8.02. The molecule has 2 aromatic rings. The summed E-state index contributed by atoms with van der Waals surface area (Å²) in [7, 11) is 1.70. The van der Waals surface area contributed by atoms with Crippen molar-refractivity contribution < 1.29 is 4.74 Å². The number of aromatic nitrogens is 1. The Morgan fingerprint density at radius 1 is 1.21 bits per heavy atom. The zero-order chi connectivity index (χ0) is 16.8. The second kappa shape index (κ2) is 8.12. The van der Waals surface area contributed by atoms with Crippen molar-refractivity contribution in [3.63, 3.8) is 0 Å². The molecule has 3 rings (SSSR count). The predicted molar refractivity (Wildman–Crippen MR) is 98.4 cm³/mol. The molecule has 7 heteroatoms. The quantitative estimate of drug-likeness (QED) is 0.662. The summed E-state index contributed by atoms with van der Waals surface area (Å²) in [5.74, 6) is 0.620. The summed E-state index contributed by atoms with van der Waals surface area (Å²) in [5, 5.41) is 3.09. The van der Waals surface area contributed by atoms with Crippen LogP contribution in [0.3, 0.4) is 0 Å². The summed E-state index contributed by atoms with van der Waals surface area (Å²) >= 11 is 1.68. The molecule has 0 unspecified atom stereocenters. The Labute approximate surface area is 146 Å². The molecule has 0 saturated carbocycles. The Kier molecular flexibility index (Phi) is 5.66. The van der Waals surface area contributed by atoms with Gasteiger partial charge in [0, 0.05) is 44.9 Å². The lowest BCUT2D eigenvalue weighted by Gasteiger charge is -2.35. The third kappa shape index (κ3) is 4.24. The number of nitrogens with two attached hydrogens (primary N) is 1. The number of thiazole rings is 1. The van der Waals surface area contributed by atoms with Crippen molar-refractivity contribution in [2.75, 3.05) is 38.2 Å². The van der Waals surface area contributed by atoms with E-state index in [0.717, 1.165) is 42.4 Å². The fourth-order valence-electron chi connectivity index (χ4n) is 2.68. The fourth-order valence-corrected chi connectivity index (χ4v) is 3.38. The molecule has 0 amide bonds. The maximum atomic E-state index is 6.16. The first-order valence-corrected chi connectivity index (χ1v) is 8.90. The van der Waals surface area contributed by atoms with Gasteiger partial charge in [-0.2, -0.15) is 0 Å². The molecule has 0 bridgehead atoms. The average molecular weight is 345 g/mol. The van der Waals surface area contributed by atoms with E-state index in [1.807, 2.05) is 11.6 Å². The third-order valence-corrected chi connectivity index (χ3v) is 4.88. The number of aliphatic imine (C=N–C) groups is 1. The number of hydrogen-bond acceptors (Lipinski definition) is 5. The Bertz CT molecular complexity index is 648. The van der Waals surface area contributed by atoms with E-state index in [1.165, 1.54) is 0 Å². The van der Waals surface area contributed by atoms with E-state index < -0.39 is 0 Å². The van der Waals surface area contributed by atoms with Crippen LogP contribution in [-0.2, 0) is 17.9 Å².